The Kier molecular flexibility index (Phi) is 4.43. The van der Waals surface area contributed by atoms with Crippen LogP contribution in [0.3, 0.4) is 0 Å². The molecule has 0 bridgehead atoms. The van der Waals surface area contributed by atoms with Crippen molar-refractivity contribution >= 4 is 33.4 Å². The van der Waals surface area contributed by atoms with Crippen molar-refractivity contribution in [1.29, 1.82) is 0 Å². The van der Waals surface area contributed by atoms with Gasteiger partial charge in [-0.2, -0.15) is 5.10 Å². The van der Waals surface area contributed by atoms with Gasteiger partial charge in [-0.05, 0) is 37.3 Å². The Bertz CT molecular complexity index is 1060. The van der Waals surface area contributed by atoms with Gasteiger partial charge in [0.05, 0.1) is 16.3 Å². The minimum Gasteiger partial charge on any atom is -0.479 e. The third-order valence-electron chi connectivity index (χ3n) is 5.10. The molecule has 1 amide bonds. The molecule has 1 aliphatic heterocycles. The Morgan fingerprint density at radius 1 is 1.21 bits per heavy atom. The maximum absolute atomic E-state index is 13.2. The van der Waals surface area contributed by atoms with E-state index >= 15 is 0 Å². The van der Waals surface area contributed by atoms with E-state index in [9.17, 15) is 19.1 Å². The molecule has 0 aliphatic carbocycles. The monoisotopic (exact) mass is 403 g/mol. The normalized spacial score (nSPS) is 16.5. The maximum Gasteiger partial charge on any atom is 0.335 e. The van der Waals surface area contributed by atoms with Crippen molar-refractivity contribution in [3.8, 4) is 5.69 Å². The average molecular weight is 403 g/mol. The molecule has 146 valence electrons. The minimum absolute atomic E-state index is 0.00134. The largest absolute Gasteiger partial charge is 0.479 e. The molecule has 7 nitrogen and oxygen atoms in total. The topological polar surface area (TPSA) is 95.7 Å². The predicted octanol–water partition coefficient (Wildman–Crippen LogP) is 2.59. The molecule has 0 saturated carbocycles. The number of carbonyl (C=O) groups is 2. The Labute approximate surface area is 163 Å². The van der Waals surface area contributed by atoms with E-state index in [0.717, 1.165) is 15.9 Å². The van der Waals surface area contributed by atoms with Crippen LogP contribution in [-0.2, 0) is 4.79 Å². The van der Waals surface area contributed by atoms with Crippen molar-refractivity contribution in [2.75, 3.05) is 13.1 Å². The van der Waals surface area contributed by atoms with Crippen molar-refractivity contribution in [3.05, 3.63) is 46.7 Å². The molecule has 0 spiro atoms. The van der Waals surface area contributed by atoms with Gasteiger partial charge in [0.15, 0.2) is 5.60 Å². The first-order valence-electron chi connectivity index (χ1n) is 8.79. The van der Waals surface area contributed by atoms with Gasteiger partial charge < -0.3 is 15.1 Å². The van der Waals surface area contributed by atoms with Gasteiger partial charge in [0.1, 0.15) is 10.6 Å². The number of carboxylic acids is 1. The summed E-state index contributed by atoms with van der Waals surface area (Å²) in [4.78, 5) is 26.9. The fourth-order valence-corrected chi connectivity index (χ4v) is 4.51. The number of aromatic nitrogens is 2. The molecule has 4 rings (SSSR count). The Balaban J connectivity index is 1.62. The molecule has 1 aliphatic rings. The first kappa shape index (κ1) is 18.6. The fourth-order valence-electron chi connectivity index (χ4n) is 3.36. The van der Waals surface area contributed by atoms with E-state index in [1.165, 1.54) is 23.5 Å². The van der Waals surface area contributed by atoms with Gasteiger partial charge in [-0.3, -0.25) is 4.79 Å². The highest BCUT2D eigenvalue weighted by molar-refractivity contribution is 7.20. The molecule has 0 atom stereocenters. The summed E-state index contributed by atoms with van der Waals surface area (Å²) in [6.45, 7) is 2.20. The number of halogens is 1. The summed E-state index contributed by atoms with van der Waals surface area (Å²) in [5.74, 6) is -1.78. The van der Waals surface area contributed by atoms with Gasteiger partial charge in [-0.1, -0.05) is 0 Å². The zero-order chi connectivity index (χ0) is 20.1. The highest BCUT2D eigenvalue weighted by Crippen LogP contribution is 2.32. The first-order valence-corrected chi connectivity index (χ1v) is 9.60. The van der Waals surface area contributed by atoms with Gasteiger partial charge in [-0.25, -0.2) is 13.9 Å². The Morgan fingerprint density at radius 2 is 1.86 bits per heavy atom. The van der Waals surface area contributed by atoms with Crippen molar-refractivity contribution in [2.45, 2.75) is 25.4 Å². The highest BCUT2D eigenvalue weighted by atomic mass is 32.1. The lowest BCUT2D eigenvalue weighted by Gasteiger charge is -2.35. The number of fused-ring (bicyclic) bond motifs is 1. The summed E-state index contributed by atoms with van der Waals surface area (Å²) in [6.07, 6.45) is 0.00269. The van der Waals surface area contributed by atoms with E-state index in [2.05, 4.69) is 5.10 Å². The predicted molar refractivity (Wildman–Crippen MR) is 101 cm³/mol. The molecular weight excluding hydrogens is 385 g/mol. The molecule has 1 aromatic carbocycles. The summed E-state index contributed by atoms with van der Waals surface area (Å²) in [6, 6.07) is 7.74. The third kappa shape index (κ3) is 3.06. The van der Waals surface area contributed by atoms with Gasteiger partial charge >= 0.3 is 5.97 Å². The van der Waals surface area contributed by atoms with E-state index in [4.69, 9.17) is 5.11 Å². The van der Waals surface area contributed by atoms with E-state index in [1.54, 1.807) is 27.8 Å². The summed E-state index contributed by atoms with van der Waals surface area (Å²) in [7, 11) is 0. The number of carboxylic acid groups (broad SMARTS) is 1. The highest BCUT2D eigenvalue weighted by Gasteiger charge is 2.40. The smallest absolute Gasteiger partial charge is 0.335 e. The van der Waals surface area contributed by atoms with Gasteiger partial charge in [0.25, 0.3) is 5.91 Å². The number of piperidine rings is 1. The van der Waals surface area contributed by atoms with Crippen LogP contribution in [0.25, 0.3) is 15.9 Å². The minimum atomic E-state index is -1.77. The second-order valence-electron chi connectivity index (χ2n) is 6.93. The maximum atomic E-state index is 13.2. The second kappa shape index (κ2) is 6.68. The number of hydrogen-bond acceptors (Lipinski definition) is 5. The van der Waals surface area contributed by atoms with E-state index in [1.807, 2.05) is 6.92 Å². The van der Waals surface area contributed by atoms with E-state index in [0.29, 0.717) is 10.6 Å². The molecule has 2 N–H and O–H groups in total. The molecule has 2 aromatic heterocycles. The quantitative estimate of drug-likeness (QED) is 0.701. The zero-order valence-electron chi connectivity index (χ0n) is 15.1. The Morgan fingerprint density at radius 3 is 2.46 bits per heavy atom. The van der Waals surface area contributed by atoms with Crippen LogP contribution in [0.5, 0.6) is 0 Å². The van der Waals surface area contributed by atoms with Crippen molar-refractivity contribution in [3.63, 3.8) is 0 Å². The van der Waals surface area contributed by atoms with Gasteiger partial charge in [0, 0.05) is 31.3 Å². The molecule has 9 heteroatoms. The average Bonchev–Trinajstić information content (AvgIpc) is 3.23. The van der Waals surface area contributed by atoms with Crippen molar-refractivity contribution in [2.24, 2.45) is 0 Å². The number of thiophene rings is 1. The van der Waals surface area contributed by atoms with Crippen LogP contribution in [0.4, 0.5) is 4.39 Å². The van der Waals surface area contributed by atoms with Crippen LogP contribution in [0.2, 0.25) is 0 Å². The number of carbonyl (C=O) groups excluding carboxylic acids is 1. The van der Waals surface area contributed by atoms with Crippen molar-refractivity contribution in [1.82, 2.24) is 14.7 Å². The molecule has 0 unspecified atom stereocenters. The standard InChI is InChI=1S/C19H18FN3O4S/c1-11-14-10-15(16(24)22-8-6-19(27,7-9-22)18(25)26)28-17(14)23(21-11)13-4-2-12(20)3-5-13/h2-5,10,27H,6-9H2,1H3,(H,25,26). The fraction of sp³-hybridized carbons (Fsp3) is 0.316. The summed E-state index contributed by atoms with van der Waals surface area (Å²) >= 11 is 1.29. The molecule has 0 radical (unpaired) electrons. The second-order valence-corrected chi connectivity index (χ2v) is 7.96. The number of amides is 1. The molecule has 3 heterocycles. The summed E-state index contributed by atoms with van der Waals surface area (Å²) < 4.78 is 14.9. The number of likely N-dealkylation sites (tertiary alicyclic amines) is 1. The molecule has 1 saturated heterocycles. The number of aliphatic hydroxyl groups is 1. The number of aliphatic carboxylic acids is 1. The van der Waals surface area contributed by atoms with Gasteiger partial charge in [-0.15, -0.1) is 11.3 Å². The molecular formula is C19H18FN3O4S. The number of aryl methyl sites for hydroxylation is 1. The zero-order valence-corrected chi connectivity index (χ0v) is 15.9. The summed E-state index contributed by atoms with van der Waals surface area (Å²) in [5, 5.41) is 24.5. The Hall–Kier alpha value is -2.78. The van der Waals surface area contributed by atoms with Crippen LogP contribution in [0.15, 0.2) is 30.3 Å². The third-order valence-corrected chi connectivity index (χ3v) is 6.20. The number of nitrogens with zero attached hydrogens (tertiary/aromatic N) is 3. The SMILES string of the molecule is Cc1nn(-c2ccc(F)cc2)c2sc(C(=O)N3CCC(O)(C(=O)O)CC3)cc12. The number of rotatable bonds is 3. The summed E-state index contributed by atoms with van der Waals surface area (Å²) in [5.41, 5.74) is -0.310. The van der Waals surface area contributed by atoms with Crippen LogP contribution in [-0.4, -0.2) is 55.5 Å². The molecule has 28 heavy (non-hydrogen) atoms. The van der Waals surface area contributed by atoms with Gasteiger partial charge in [0.2, 0.25) is 0 Å². The lowest BCUT2D eigenvalue weighted by atomic mass is 9.91. The lowest BCUT2D eigenvalue weighted by molar-refractivity contribution is -0.162. The number of benzene rings is 1. The molecule has 3 aromatic rings. The van der Waals surface area contributed by atoms with Crippen LogP contribution in [0.1, 0.15) is 28.2 Å². The number of hydrogen-bond donors (Lipinski definition) is 2. The first-order chi connectivity index (χ1) is 13.3. The van der Waals surface area contributed by atoms with Crippen LogP contribution < -0.4 is 0 Å². The van der Waals surface area contributed by atoms with Crippen LogP contribution in [0, 0.1) is 12.7 Å². The van der Waals surface area contributed by atoms with Crippen LogP contribution >= 0.6 is 11.3 Å². The van der Waals surface area contributed by atoms with E-state index in [-0.39, 0.29) is 37.7 Å². The van der Waals surface area contributed by atoms with E-state index < -0.39 is 11.6 Å². The lowest BCUT2D eigenvalue weighted by Crippen LogP contribution is -2.50. The molecule has 1 fully saturated rings. The van der Waals surface area contributed by atoms with Crippen molar-refractivity contribution < 1.29 is 24.2 Å².